The fraction of sp³-hybridized carbons (Fsp3) is 0.429. The van der Waals surface area contributed by atoms with E-state index in [0.29, 0.717) is 13.1 Å². The molecular weight excluding hydrogens is 246 g/mol. The van der Waals surface area contributed by atoms with E-state index in [1.165, 1.54) is 14.2 Å². The Hall–Kier alpha value is -1.88. The van der Waals surface area contributed by atoms with Crippen LogP contribution in [0.1, 0.15) is 12.0 Å². The van der Waals surface area contributed by atoms with Gasteiger partial charge in [0.2, 0.25) is 0 Å². The lowest BCUT2D eigenvalue weighted by atomic mass is 10.2. The van der Waals surface area contributed by atoms with Gasteiger partial charge in [0.15, 0.2) is 0 Å². The number of methoxy groups -OCH3 is 2. The molecule has 0 unspecified atom stereocenters. The van der Waals surface area contributed by atoms with Gasteiger partial charge in [-0.25, -0.2) is 0 Å². The normalized spacial score (nSPS) is 10.3. The first kappa shape index (κ1) is 15.2. The van der Waals surface area contributed by atoms with Gasteiger partial charge in [-0.05, 0) is 5.56 Å². The molecule has 0 saturated carbocycles. The van der Waals surface area contributed by atoms with Gasteiger partial charge in [-0.3, -0.25) is 14.5 Å². The predicted molar refractivity (Wildman–Crippen MR) is 70.4 cm³/mol. The van der Waals surface area contributed by atoms with Crippen LogP contribution in [-0.2, 0) is 25.6 Å². The smallest absolute Gasteiger partial charge is 0.319 e. The zero-order chi connectivity index (χ0) is 14.1. The molecule has 0 atom stereocenters. The van der Waals surface area contributed by atoms with E-state index in [4.69, 9.17) is 0 Å². The monoisotopic (exact) mass is 265 g/mol. The number of carbonyl (C=O) groups excluding carboxylic acids is 2. The van der Waals surface area contributed by atoms with E-state index in [-0.39, 0.29) is 24.9 Å². The second-order valence-electron chi connectivity index (χ2n) is 4.10. The zero-order valence-electron chi connectivity index (χ0n) is 11.3. The van der Waals surface area contributed by atoms with Crippen LogP contribution in [-0.4, -0.2) is 44.1 Å². The highest BCUT2D eigenvalue weighted by atomic mass is 16.5. The van der Waals surface area contributed by atoms with Crippen molar-refractivity contribution < 1.29 is 19.1 Å². The van der Waals surface area contributed by atoms with Gasteiger partial charge in [-0.15, -0.1) is 0 Å². The van der Waals surface area contributed by atoms with E-state index < -0.39 is 0 Å². The maximum absolute atomic E-state index is 11.3. The van der Waals surface area contributed by atoms with Crippen LogP contribution in [0.5, 0.6) is 0 Å². The number of esters is 2. The third-order valence-electron chi connectivity index (χ3n) is 2.69. The molecule has 0 radical (unpaired) electrons. The van der Waals surface area contributed by atoms with E-state index in [1.807, 2.05) is 35.2 Å². The fourth-order valence-corrected chi connectivity index (χ4v) is 1.65. The Morgan fingerprint density at radius 1 is 1.05 bits per heavy atom. The first-order chi connectivity index (χ1) is 9.15. The van der Waals surface area contributed by atoms with Crippen molar-refractivity contribution in [3.63, 3.8) is 0 Å². The predicted octanol–water partition coefficient (Wildman–Crippen LogP) is 1.22. The summed E-state index contributed by atoms with van der Waals surface area (Å²) < 4.78 is 9.26. The van der Waals surface area contributed by atoms with E-state index in [1.54, 1.807) is 0 Å². The van der Waals surface area contributed by atoms with E-state index in [9.17, 15) is 9.59 Å². The van der Waals surface area contributed by atoms with Crippen molar-refractivity contribution in [3.8, 4) is 0 Å². The quantitative estimate of drug-likeness (QED) is 0.694. The summed E-state index contributed by atoms with van der Waals surface area (Å²) in [4.78, 5) is 24.4. The lowest BCUT2D eigenvalue weighted by Gasteiger charge is -2.20. The van der Waals surface area contributed by atoms with Gasteiger partial charge in [-0.2, -0.15) is 0 Å². The maximum atomic E-state index is 11.3. The van der Waals surface area contributed by atoms with Crippen molar-refractivity contribution in [2.24, 2.45) is 0 Å². The molecule has 0 amide bonds. The van der Waals surface area contributed by atoms with Gasteiger partial charge in [0.1, 0.15) is 0 Å². The largest absolute Gasteiger partial charge is 0.469 e. The van der Waals surface area contributed by atoms with Gasteiger partial charge >= 0.3 is 11.9 Å². The lowest BCUT2D eigenvalue weighted by Crippen LogP contribution is -2.32. The molecule has 0 aliphatic rings. The Morgan fingerprint density at radius 3 is 2.26 bits per heavy atom. The Balaban J connectivity index is 2.58. The molecule has 1 aromatic rings. The van der Waals surface area contributed by atoms with Gasteiger partial charge in [0.05, 0.1) is 27.2 Å². The van der Waals surface area contributed by atoms with Crippen LogP contribution in [0.4, 0.5) is 0 Å². The average molecular weight is 265 g/mol. The SMILES string of the molecule is COC(=O)CCN(CC(=O)OC)Cc1ccccc1. The number of hydrogen-bond acceptors (Lipinski definition) is 5. The first-order valence-electron chi connectivity index (χ1n) is 6.05. The third kappa shape index (κ3) is 6.01. The molecule has 5 nitrogen and oxygen atoms in total. The molecule has 1 rings (SSSR count). The van der Waals surface area contributed by atoms with Crippen molar-refractivity contribution >= 4 is 11.9 Å². The number of ether oxygens (including phenoxy) is 2. The van der Waals surface area contributed by atoms with E-state index in [2.05, 4.69) is 9.47 Å². The minimum absolute atomic E-state index is 0.155. The fourth-order valence-electron chi connectivity index (χ4n) is 1.65. The van der Waals surface area contributed by atoms with Crippen LogP contribution in [0.25, 0.3) is 0 Å². The van der Waals surface area contributed by atoms with Gasteiger partial charge in [0.25, 0.3) is 0 Å². The van der Waals surface area contributed by atoms with Crippen LogP contribution < -0.4 is 0 Å². The molecule has 0 N–H and O–H groups in total. The van der Waals surface area contributed by atoms with Crippen LogP contribution in [0.3, 0.4) is 0 Å². The molecule has 5 heteroatoms. The molecule has 0 aliphatic carbocycles. The number of hydrogen-bond donors (Lipinski definition) is 0. The summed E-state index contributed by atoms with van der Waals surface area (Å²) in [5.41, 5.74) is 1.08. The van der Waals surface area contributed by atoms with Crippen molar-refractivity contribution in [3.05, 3.63) is 35.9 Å². The van der Waals surface area contributed by atoms with Gasteiger partial charge in [0, 0.05) is 13.1 Å². The maximum Gasteiger partial charge on any atom is 0.319 e. The van der Waals surface area contributed by atoms with Crippen LogP contribution in [0.2, 0.25) is 0 Å². The van der Waals surface area contributed by atoms with Crippen molar-refractivity contribution in [1.82, 2.24) is 4.90 Å². The van der Waals surface area contributed by atoms with E-state index >= 15 is 0 Å². The molecule has 0 saturated heterocycles. The Kier molecular flexibility index (Phi) is 6.60. The average Bonchev–Trinajstić information content (AvgIpc) is 2.45. The second-order valence-corrected chi connectivity index (χ2v) is 4.10. The number of nitrogens with zero attached hydrogens (tertiary/aromatic N) is 1. The topological polar surface area (TPSA) is 55.8 Å². The summed E-state index contributed by atoms with van der Waals surface area (Å²) in [7, 11) is 2.70. The summed E-state index contributed by atoms with van der Waals surface area (Å²) in [6.07, 6.45) is 0.250. The Labute approximate surface area is 113 Å². The highest BCUT2D eigenvalue weighted by Crippen LogP contribution is 2.05. The molecule has 0 heterocycles. The summed E-state index contributed by atoms with van der Waals surface area (Å²) in [5, 5.41) is 0. The molecule has 104 valence electrons. The molecule has 0 aromatic heterocycles. The van der Waals surface area contributed by atoms with Crippen LogP contribution in [0.15, 0.2) is 30.3 Å². The first-order valence-corrected chi connectivity index (χ1v) is 6.05. The van der Waals surface area contributed by atoms with Crippen molar-refractivity contribution in [1.29, 1.82) is 0 Å². The van der Waals surface area contributed by atoms with Crippen LogP contribution in [0, 0.1) is 0 Å². The highest BCUT2D eigenvalue weighted by Gasteiger charge is 2.13. The van der Waals surface area contributed by atoms with Gasteiger partial charge < -0.3 is 9.47 Å². The molecule has 0 aliphatic heterocycles. The minimum atomic E-state index is -0.319. The molecule has 19 heavy (non-hydrogen) atoms. The minimum Gasteiger partial charge on any atom is -0.469 e. The summed E-state index contributed by atoms with van der Waals surface area (Å²) in [6, 6.07) is 9.76. The third-order valence-corrected chi connectivity index (χ3v) is 2.69. The molecule has 1 aromatic carbocycles. The van der Waals surface area contributed by atoms with Crippen molar-refractivity contribution in [2.45, 2.75) is 13.0 Å². The highest BCUT2D eigenvalue weighted by molar-refractivity contribution is 5.72. The van der Waals surface area contributed by atoms with E-state index in [0.717, 1.165) is 5.56 Å². The summed E-state index contributed by atoms with van der Waals surface area (Å²) in [5.74, 6) is -0.608. The molecule has 0 spiro atoms. The van der Waals surface area contributed by atoms with Gasteiger partial charge in [-0.1, -0.05) is 30.3 Å². The number of carbonyl (C=O) groups is 2. The zero-order valence-corrected chi connectivity index (χ0v) is 11.3. The van der Waals surface area contributed by atoms with Crippen LogP contribution >= 0.6 is 0 Å². The number of rotatable bonds is 7. The lowest BCUT2D eigenvalue weighted by molar-refractivity contribution is -0.144. The molecular formula is C14H19NO4. The Bertz CT molecular complexity index is 405. The Morgan fingerprint density at radius 2 is 1.68 bits per heavy atom. The second kappa shape index (κ2) is 8.26. The molecule has 0 fully saturated rings. The summed E-state index contributed by atoms with van der Waals surface area (Å²) in [6.45, 7) is 1.20. The summed E-state index contributed by atoms with van der Waals surface area (Å²) >= 11 is 0. The van der Waals surface area contributed by atoms with Crippen molar-refractivity contribution in [2.75, 3.05) is 27.3 Å². The number of benzene rings is 1. The molecule has 0 bridgehead atoms. The standard InChI is InChI=1S/C14H19NO4/c1-18-13(16)8-9-15(11-14(17)19-2)10-12-6-4-3-5-7-12/h3-7H,8-11H2,1-2H3.